The van der Waals surface area contributed by atoms with Crippen LogP contribution in [0.5, 0.6) is 5.75 Å². The lowest BCUT2D eigenvalue weighted by Gasteiger charge is -2.34. The Labute approximate surface area is 140 Å². The van der Waals surface area contributed by atoms with Crippen LogP contribution in [0.3, 0.4) is 0 Å². The number of ether oxygens (including phenoxy) is 2. The van der Waals surface area contributed by atoms with E-state index in [1.54, 1.807) is 6.92 Å². The summed E-state index contributed by atoms with van der Waals surface area (Å²) in [7, 11) is 1.36. The highest BCUT2D eigenvalue weighted by Crippen LogP contribution is 2.32. The predicted molar refractivity (Wildman–Crippen MR) is 89.5 cm³/mol. The zero-order valence-electron chi connectivity index (χ0n) is 14.4. The summed E-state index contributed by atoms with van der Waals surface area (Å²) in [5, 5.41) is 13.8. The number of nitro groups is 1. The number of morpholine rings is 1. The van der Waals surface area contributed by atoms with Crippen molar-refractivity contribution in [2.45, 2.75) is 33.0 Å². The lowest BCUT2D eigenvalue weighted by atomic mass is 10.1. The number of benzene rings is 1. The van der Waals surface area contributed by atoms with Crippen LogP contribution in [-0.2, 0) is 9.53 Å². The highest BCUT2D eigenvalue weighted by molar-refractivity contribution is 5.93. The third kappa shape index (κ3) is 4.42. The standard InChI is InChI=1S/C16H23N3O5/c1-10-5-14(19(21)22)15(23-4)6-13(10)17-16(20)9-18-7-11(2)24-12(3)8-18/h5-6,11-12H,7-9H2,1-4H3,(H,17,20). The second-order valence-electron chi connectivity index (χ2n) is 6.10. The van der Waals surface area contributed by atoms with Crippen molar-refractivity contribution >= 4 is 17.3 Å². The van der Waals surface area contributed by atoms with Gasteiger partial charge in [0.25, 0.3) is 0 Å². The van der Waals surface area contributed by atoms with E-state index < -0.39 is 4.92 Å². The van der Waals surface area contributed by atoms with Crippen molar-refractivity contribution in [3.8, 4) is 5.75 Å². The van der Waals surface area contributed by atoms with E-state index in [-0.39, 0.29) is 36.1 Å². The van der Waals surface area contributed by atoms with Gasteiger partial charge in [-0.2, -0.15) is 0 Å². The van der Waals surface area contributed by atoms with Crippen molar-refractivity contribution in [2.75, 3.05) is 32.1 Å². The zero-order chi connectivity index (χ0) is 17.9. The van der Waals surface area contributed by atoms with Crippen LogP contribution in [-0.4, -0.2) is 54.7 Å². The number of carbonyl (C=O) groups is 1. The van der Waals surface area contributed by atoms with Gasteiger partial charge in [0.1, 0.15) is 0 Å². The smallest absolute Gasteiger partial charge is 0.311 e. The average molecular weight is 337 g/mol. The molecule has 24 heavy (non-hydrogen) atoms. The number of aryl methyl sites for hydroxylation is 1. The van der Waals surface area contributed by atoms with Crippen LogP contribution < -0.4 is 10.1 Å². The van der Waals surface area contributed by atoms with Gasteiger partial charge in [0, 0.05) is 30.9 Å². The van der Waals surface area contributed by atoms with Gasteiger partial charge in [-0.25, -0.2) is 0 Å². The van der Waals surface area contributed by atoms with Crippen LogP contribution in [0.15, 0.2) is 12.1 Å². The van der Waals surface area contributed by atoms with E-state index in [0.29, 0.717) is 24.3 Å². The first-order valence-corrected chi connectivity index (χ1v) is 7.80. The summed E-state index contributed by atoms with van der Waals surface area (Å²) >= 11 is 0. The molecule has 1 aliphatic heterocycles. The summed E-state index contributed by atoms with van der Waals surface area (Å²) in [5.41, 5.74) is 1.00. The van der Waals surface area contributed by atoms with Crippen LogP contribution in [0.1, 0.15) is 19.4 Å². The largest absolute Gasteiger partial charge is 0.490 e. The summed E-state index contributed by atoms with van der Waals surface area (Å²) in [6.45, 7) is 7.30. The minimum Gasteiger partial charge on any atom is -0.490 e. The van der Waals surface area contributed by atoms with E-state index in [1.165, 1.54) is 19.2 Å². The summed E-state index contributed by atoms with van der Waals surface area (Å²) in [4.78, 5) is 24.8. The number of nitrogens with one attached hydrogen (secondary N) is 1. The van der Waals surface area contributed by atoms with Crippen molar-refractivity contribution in [1.29, 1.82) is 0 Å². The Morgan fingerprint density at radius 3 is 2.58 bits per heavy atom. The van der Waals surface area contributed by atoms with Crippen molar-refractivity contribution in [3.63, 3.8) is 0 Å². The Balaban J connectivity index is 2.07. The van der Waals surface area contributed by atoms with Gasteiger partial charge in [-0.15, -0.1) is 0 Å². The molecule has 1 aliphatic rings. The maximum Gasteiger partial charge on any atom is 0.311 e. The fourth-order valence-electron chi connectivity index (χ4n) is 2.92. The quantitative estimate of drug-likeness (QED) is 0.652. The lowest BCUT2D eigenvalue weighted by molar-refractivity contribution is -0.385. The third-order valence-electron chi connectivity index (χ3n) is 3.86. The molecule has 2 atom stereocenters. The molecule has 1 aromatic rings. The van der Waals surface area contributed by atoms with Gasteiger partial charge < -0.3 is 14.8 Å². The number of nitrogens with zero attached hydrogens (tertiary/aromatic N) is 2. The first-order valence-electron chi connectivity index (χ1n) is 7.80. The molecule has 0 spiro atoms. The summed E-state index contributed by atoms with van der Waals surface area (Å²) in [6, 6.07) is 2.88. The van der Waals surface area contributed by atoms with E-state index >= 15 is 0 Å². The lowest BCUT2D eigenvalue weighted by Crippen LogP contribution is -2.48. The maximum absolute atomic E-state index is 12.3. The number of nitro benzene ring substituents is 1. The molecule has 8 heteroatoms. The predicted octanol–water partition coefficient (Wildman–Crippen LogP) is 1.96. The van der Waals surface area contributed by atoms with Crippen LogP contribution in [0.4, 0.5) is 11.4 Å². The Hall–Kier alpha value is -2.19. The molecular weight excluding hydrogens is 314 g/mol. The second kappa shape index (κ2) is 7.59. The van der Waals surface area contributed by atoms with Crippen LogP contribution in [0.25, 0.3) is 0 Å². The number of anilines is 1. The van der Waals surface area contributed by atoms with E-state index in [0.717, 1.165) is 0 Å². The molecule has 0 aliphatic carbocycles. The second-order valence-corrected chi connectivity index (χ2v) is 6.10. The molecule has 1 amide bonds. The van der Waals surface area contributed by atoms with Crippen molar-refractivity contribution in [3.05, 3.63) is 27.8 Å². The van der Waals surface area contributed by atoms with Gasteiger partial charge in [0.05, 0.1) is 30.8 Å². The number of hydrogen-bond acceptors (Lipinski definition) is 6. The molecule has 2 unspecified atom stereocenters. The number of carbonyl (C=O) groups excluding carboxylic acids is 1. The fourth-order valence-corrected chi connectivity index (χ4v) is 2.92. The minimum absolute atomic E-state index is 0.0859. The molecule has 1 fully saturated rings. The highest BCUT2D eigenvalue weighted by atomic mass is 16.6. The molecule has 2 rings (SSSR count). The van der Waals surface area contributed by atoms with Gasteiger partial charge in [0.2, 0.25) is 5.91 Å². The van der Waals surface area contributed by atoms with Crippen LogP contribution >= 0.6 is 0 Å². The fraction of sp³-hybridized carbons (Fsp3) is 0.562. The molecule has 0 saturated carbocycles. The van der Waals surface area contributed by atoms with Gasteiger partial charge in [-0.05, 0) is 26.3 Å². The normalized spacial score (nSPS) is 21.3. The highest BCUT2D eigenvalue weighted by Gasteiger charge is 2.24. The van der Waals surface area contributed by atoms with Gasteiger partial charge in [-0.1, -0.05) is 0 Å². The average Bonchev–Trinajstić information content (AvgIpc) is 2.47. The SMILES string of the molecule is COc1cc(NC(=O)CN2CC(C)OC(C)C2)c(C)cc1[N+](=O)[O-]. The molecule has 0 bridgehead atoms. The van der Waals surface area contributed by atoms with E-state index in [1.807, 2.05) is 18.7 Å². The molecule has 8 nitrogen and oxygen atoms in total. The molecule has 132 valence electrons. The zero-order valence-corrected chi connectivity index (χ0v) is 14.4. The van der Waals surface area contributed by atoms with Gasteiger partial charge >= 0.3 is 5.69 Å². The van der Waals surface area contributed by atoms with Crippen LogP contribution in [0, 0.1) is 17.0 Å². The Morgan fingerprint density at radius 1 is 1.42 bits per heavy atom. The summed E-state index contributed by atoms with van der Waals surface area (Å²) in [5.74, 6) is -0.0511. The van der Waals surface area contributed by atoms with Gasteiger partial charge in [-0.3, -0.25) is 19.8 Å². The Morgan fingerprint density at radius 2 is 2.04 bits per heavy atom. The van der Waals surface area contributed by atoms with Crippen molar-refractivity contribution in [1.82, 2.24) is 4.90 Å². The maximum atomic E-state index is 12.3. The van der Waals surface area contributed by atoms with E-state index in [2.05, 4.69) is 5.32 Å². The molecule has 0 radical (unpaired) electrons. The molecule has 1 N–H and O–H groups in total. The molecule has 1 aromatic carbocycles. The minimum atomic E-state index is -0.506. The topological polar surface area (TPSA) is 93.9 Å². The number of methoxy groups -OCH3 is 1. The number of amides is 1. The van der Waals surface area contributed by atoms with Crippen molar-refractivity contribution in [2.24, 2.45) is 0 Å². The third-order valence-corrected chi connectivity index (χ3v) is 3.86. The monoisotopic (exact) mass is 337 g/mol. The molecule has 1 heterocycles. The molecular formula is C16H23N3O5. The Kier molecular flexibility index (Phi) is 5.74. The van der Waals surface area contributed by atoms with Crippen LogP contribution in [0.2, 0.25) is 0 Å². The first-order chi connectivity index (χ1) is 11.3. The van der Waals surface area contributed by atoms with Gasteiger partial charge in [0.15, 0.2) is 5.75 Å². The first kappa shape index (κ1) is 18.2. The number of hydrogen-bond donors (Lipinski definition) is 1. The molecule has 0 aromatic heterocycles. The van der Waals surface area contributed by atoms with E-state index in [9.17, 15) is 14.9 Å². The Bertz CT molecular complexity index is 624. The number of rotatable bonds is 5. The molecule has 1 saturated heterocycles. The summed E-state index contributed by atoms with van der Waals surface area (Å²) < 4.78 is 10.7. The summed E-state index contributed by atoms with van der Waals surface area (Å²) in [6.07, 6.45) is 0.172. The van der Waals surface area contributed by atoms with Crippen molar-refractivity contribution < 1.29 is 19.2 Å². The van der Waals surface area contributed by atoms with E-state index in [4.69, 9.17) is 9.47 Å².